The molecule has 0 atom stereocenters. The van der Waals surface area contributed by atoms with E-state index in [1.54, 1.807) is 6.07 Å². The second-order valence-electron chi connectivity index (χ2n) is 4.02. The zero-order valence-electron chi connectivity index (χ0n) is 10.9. The third-order valence-electron chi connectivity index (χ3n) is 2.36. The number of sulfonamides is 1. The SMILES string of the molecule is CCCNCc1csc(S(=O)(=O)Nc2nccnn2)c1. The van der Waals surface area contributed by atoms with Gasteiger partial charge in [-0.15, -0.1) is 16.4 Å². The molecule has 2 rings (SSSR count). The van der Waals surface area contributed by atoms with Crippen molar-refractivity contribution < 1.29 is 8.42 Å². The molecule has 0 fully saturated rings. The highest BCUT2D eigenvalue weighted by Crippen LogP contribution is 2.21. The quantitative estimate of drug-likeness (QED) is 0.746. The summed E-state index contributed by atoms with van der Waals surface area (Å²) in [5.41, 5.74) is 0.941. The summed E-state index contributed by atoms with van der Waals surface area (Å²) in [6.07, 6.45) is 3.79. The molecule has 108 valence electrons. The lowest BCUT2D eigenvalue weighted by Gasteiger charge is -2.02. The van der Waals surface area contributed by atoms with E-state index < -0.39 is 10.0 Å². The highest BCUT2D eigenvalue weighted by atomic mass is 32.2. The fourth-order valence-electron chi connectivity index (χ4n) is 1.46. The normalized spacial score (nSPS) is 11.4. The molecule has 0 unspecified atom stereocenters. The van der Waals surface area contributed by atoms with Crippen LogP contribution in [0.2, 0.25) is 0 Å². The monoisotopic (exact) mass is 313 g/mol. The molecule has 7 nitrogen and oxygen atoms in total. The van der Waals surface area contributed by atoms with Gasteiger partial charge in [-0.2, -0.15) is 5.10 Å². The lowest BCUT2D eigenvalue weighted by atomic mass is 10.3. The largest absolute Gasteiger partial charge is 0.313 e. The summed E-state index contributed by atoms with van der Waals surface area (Å²) in [7, 11) is -3.65. The number of aromatic nitrogens is 3. The standard InChI is InChI=1S/C11H15N5O2S2/c1-2-3-12-7-9-6-10(19-8-9)20(17,18)16-11-13-4-5-14-15-11/h4-6,8,12H,2-3,7H2,1H3,(H,13,15,16). The molecule has 0 aliphatic carbocycles. The van der Waals surface area contributed by atoms with Crippen LogP contribution in [0.3, 0.4) is 0 Å². The highest BCUT2D eigenvalue weighted by Gasteiger charge is 2.18. The van der Waals surface area contributed by atoms with Crippen LogP contribution in [-0.2, 0) is 16.6 Å². The predicted octanol–water partition coefficient (Wildman–Crippen LogP) is 1.23. The second kappa shape index (κ2) is 6.73. The van der Waals surface area contributed by atoms with Gasteiger partial charge in [0, 0.05) is 6.54 Å². The number of thiophene rings is 1. The number of rotatable bonds is 7. The lowest BCUT2D eigenvalue weighted by Crippen LogP contribution is -2.15. The van der Waals surface area contributed by atoms with E-state index in [2.05, 4.69) is 32.1 Å². The van der Waals surface area contributed by atoms with Gasteiger partial charge in [0.25, 0.3) is 16.0 Å². The summed E-state index contributed by atoms with van der Waals surface area (Å²) in [6, 6.07) is 1.64. The van der Waals surface area contributed by atoms with Gasteiger partial charge in [-0.25, -0.2) is 18.1 Å². The Morgan fingerprint density at radius 1 is 1.35 bits per heavy atom. The number of nitrogens with one attached hydrogen (secondary N) is 2. The minimum Gasteiger partial charge on any atom is -0.313 e. The lowest BCUT2D eigenvalue weighted by molar-refractivity contribution is 0.602. The Hall–Kier alpha value is -1.58. The van der Waals surface area contributed by atoms with E-state index in [0.29, 0.717) is 6.54 Å². The topological polar surface area (TPSA) is 96.9 Å². The third-order valence-corrected chi connectivity index (χ3v) is 5.18. The molecule has 0 bridgehead atoms. The van der Waals surface area contributed by atoms with Gasteiger partial charge in [0.15, 0.2) is 0 Å². The maximum absolute atomic E-state index is 12.1. The maximum atomic E-state index is 12.1. The van der Waals surface area contributed by atoms with Gasteiger partial charge in [0.05, 0.1) is 12.4 Å². The van der Waals surface area contributed by atoms with Gasteiger partial charge in [0.1, 0.15) is 4.21 Å². The summed E-state index contributed by atoms with van der Waals surface area (Å²) >= 11 is 1.17. The molecule has 0 saturated carbocycles. The summed E-state index contributed by atoms with van der Waals surface area (Å²) in [4.78, 5) is 3.79. The fraction of sp³-hybridized carbons (Fsp3) is 0.364. The van der Waals surface area contributed by atoms with Crippen LogP contribution in [0.1, 0.15) is 18.9 Å². The summed E-state index contributed by atoms with van der Waals surface area (Å²) in [5, 5.41) is 12.2. The van der Waals surface area contributed by atoms with Crippen molar-refractivity contribution in [2.45, 2.75) is 24.1 Å². The Labute approximate surface area is 121 Å². The van der Waals surface area contributed by atoms with E-state index in [4.69, 9.17) is 0 Å². The average molecular weight is 313 g/mol. The smallest absolute Gasteiger partial charge is 0.273 e. The molecule has 0 amide bonds. The van der Waals surface area contributed by atoms with Gasteiger partial charge in [-0.3, -0.25) is 0 Å². The molecule has 0 aromatic carbocycles. The molecule has 2 aromatic heterocycles. The zero-order valence-corrected chi connectivity index (χ0v) is 12.5. The van der Waals surface area contributed by atoms with E-state index in [-0.39, 0.29) is 10.2 Å². The highest BCUT2D eigenvalue weighted by molar-refractivity contribution is 7.94. The molecule has 0 radical (unpaired) electrons. The number of anilines is 1. The fourth-order valence-corrected chi connectivity index (χ4v) is 3.62. The van der Waals surface area contributed by atoms with Crippen LogP contribution in [-0.4, -0.2) is 30.1 Å². The van der Waals surface area contributed by atoms with E-state index in [1.807, 2.05) is 5.38 Å². The third kappa shape index (κ3) is 3.95. The molecule has 2 N–H and O–H groups in total. The Balaban J connectivity index is 2.06. The molecule has 9 heteroatoms. The molecular weight excluding hydrogens is 298 g/mol. The van der Waals surface area contributed by atoms with Crippen molar-refractivity contribution in [1.82, 2.24) is 20.5 Å². The molecule has 20 heavy (non-hydrogen) atoms. The van der Waals surface area contributed by atoms with Crippen LogP contribution >= 0.6 is 11.3 Å². The van der Waals surface area contributed by atoms with Gasteiger partial charge < -0.3 is 5.32 Å². The average Bonchev–Trinajstić information content (AvgIpc) is 2.89. The zero-order chi connectivity index (χ0) is 14.4. The van der Waals surface area contributed by atoms with E-state index >= 15 is 0 Å². The molecule has 0 spiro atoms. The number of nitrogens with zero attached hydrogens (tertiary/aromatic N) is 3. The molecule has 0 saturated heterocycles. The molecule has 2 aromatic rings. The Kier molecular flexibility index (Phi) is 4.99. The van der Waals surface area contributed by atoms with Crippen molar-refractivity contribution in [3.05, 3.63) is 29.4 Å². The minimum absolute atomic E-state index is 0.0356. The molecule has 0 aliphatic rings. The van der Waals surface area contributed by atoms with Crippen LogP contribution in [0.5, 0.6) is 0 Å². The minimum atomic E-state index is -3.65. The number of hydrogen-bond donors (Lipinski definition) is 2. The van der Waals surface area contributed by atoms with E-state index in [9.17, 15) is 8.42 Å². The van der Waals surface area contributed by atoms with Gasteiger partial charge in [-0.05, 0) is 30.0 Å². The van der Waals surface area contributed by atoms with Crippen molar-refractivity contribution >= 4 is 27.3 Å². The van der Waals surface area contributed by atoms with Gasteiger partial charge in [-0.1, -0.05) is 6.92 Å². The van der Waals surface area contributed by atoms with Gasteiger partial charge >= 0.3 is 0 Å². The van der Waals surface area contributed by atoms with Crippen LogP contribution in [0.4, 0.5) is 5.95 Å². The summed E-state index contributed by atoms with van der Waals surface area (Å²) < 4.78 is 26.8. The van der Waals surface area contributed by atoms with Gasteiger partial charge in [0.2, 0.25) is 0 Å². The first-order chi connectivity index (χ1) is 9.62. The predicted molar refractivity (Wildman–Crippen MR) is 77.0 cm³/mol. The summed E-state index contributed by atoms with van der Waals surface area (Å²) in [6.45, 7) is 3.64. The second-order valence-corrected chi connectivity index (χ2v) is 6.84. The Morgan fingerprint density at radius 3 is 2.90 bits per heavy atom. The van der Waals surface area contributed by atoms with Crippen molar-refractivity contribution in [3.8, 4) is 0 Å². The first-order valence-electron chi connectivity index (χ1n) is 6.06. The van der Waals surface area contributed by atoms with Crippen molar-refractivity contribution in [3.63, 3.8) is 0 Å². The van der Waals surface area contributed by atoms with Crippen molar-refractivity contribution in [2.24, 2.45) is 0 Å². The van der Waals surface area contributed by atoms with E-state index in [0.717, 1.165) is 18.5 Å². The summed E-state index contributed by atoms with van der Waals surface area (Å²) in [5.74, 6) is -0.0356. The van der Waals surface area contributed by atoms with Crippen molar-refractivity contribution in [2.75, 3.05) is 11.3 Å². The van der Waals surface area contributed by atoms with Crippen LogP contribution in [0, 0.1) is 0 Å². The van der Waals surface area contributed by atoms with Crippen molar-refractivity contribution in [1.29, 1.82) is 0 Å². The Bertz CT molecular complexity index is 642. The van der Waals surface area contributed by atoms with Crippen LogP contribution in [0.15, 0.2) is 28.0 Å². The number of hydrogen-bond acceptors (Lipinski definition) is 7. The van der Waals surface area contributed by atoms with E-state index in [1.165, 1.54) is 23.7 Å². The first-order valence-corrected chi connectivity index (χ1v) is 8.42. The van der Waals surface area contributed by atoms with Crippen LogP contribution < -0.4 is 10.0 Å². The van der Waals surface area contributed by atoms with Crippen LogP contribution in [0.25, 0.3) is 0 Å². The molecular formula is C11H15N5O2S2. The first kappa shape index (κ1) is 14.8. The molecule has 0 aliphatic heterocycles. The maximum Gasteiger partial charge on any atom is 0.273 e. The Morgan fingerprint density at radius 2 is 2.20 bits per heavy atom. The molecule has 2 heterocycles.